The van der Waals surface area contributed by atoms with Crippen molar-refractivity contribution in [1.82, 2.24) is 0 Å². The maximum absolute atomic E-state index is 11.4. The minimum Gasteiger partial charge on any atom is -0.465 e. The molecule has 0 aliphatic rings. The van der Waals surface area contributed by atoms with Gasteiger partial charge in [0.1, 0.15) is 6.10 Å². The number of carbonyl (C=O) groups is 1. The first-order chi connectivity index (χ1) is 8.11. The van der Waals surface area contributed by atoms with Crippen LogP contribution >= 0.6 is 0 Å². The summed E-state index contributed by atoms with van der Waals surface area (Å²) in [5, 5.41) is 27.8. The zero-order valence-corrected chi connectivity index (χ0v) is 9.33. The van der Waals surface area contributed by atoms with Gasteiger partial charge in [0, 0.05) is 0 Å². The second-order valence-corrected chi connectivity index (χ2v) is 3.45. The van der Waals surface area contributed by atoms with Gasteiger partial charge in [-0.25, -0.2) is 4.79 Å². The molecule has 2 atom stereocenters. The average Bonchev–Trinajstić information content (AvgIpc) is 2.37. The van der Waals surface area contributed by atoms with Crippen molar-refractivity contribution in [3.8, 4) is 6.07 Å². The molecule has 5 heteroatoms. The monoisotopic (exact) mass is 235 g/mol. The predicted molar refractivity (Wildman–Crippen MR) is 59.0 cm³/mol. The minimum atomic E-state index is -1.29. The van der Waals surface area contributed by atoms with E-state index in [1.807, 2.05) is 0 Å². The molecule has 0 spiro atoms. The van der Waals surface area contributed by atoms with Crippen LogP contribution in [0, 0.1) is 11.3 Å². The summed E-state index contributed by atoms with van der Waals surface area (Å²) in [6, 6.07) is 8.01. The number of nitriles is 1. The SMILES string of the molecule is COC(=O)c1ccccc1C(O)C(O)CC#N. The Balaban J connectivity index is 3.05. The van der Waals surface area contributed by atoms with E-state index >= 15 is 0 Å². The number of rotatable bonds is 4. The van der Waals surface area contributed by atoms with Crippen molar-refractivity contribution in [3.05, 3.63) is 35.4 Å². The van der Waals surface area contributed by atoms with Gasteiger partial charge >= 0.3 is 5.97 Å². The van der Waals surface area contributed by atoms with Crippen molar-refractivity contribution in [2.75, 3.05) is 7.11 Å². The number of aliphatic hydroxyl groups excluding tert-OH is 2. The van der Waals surface area contributed by atoms with E-state index < -0.39 is 18.2 Å². The molecule has 0 aliphatic heterocycles. The van der Waals surface area contributed by atoms with Gasteiger partial charge in [-0.15, -0.1) is 0 Å². The number of methoxy groups -OCH3 is 1. The Kier molecular flexibility index (Phi) is 4.64. The van der Waals surface area contributed by atoms with E-state index in [1.165, 1.54) is 19.2 Å². The van der Waals surface area contributed by atoms with E-state index in [1.54, 1.807) is 18.2 Å². The molecule has 1 rings (SSSR count). The molecule has 2 N–H and O–H groups in total. The normalized spacial score (nSPS) is 13.5. The number of nitrogens with zero attached hydrogens (tertiary/aromatic N) is 1. The Hall–Kier alpha value is -1.90. The number of hydrogen-bond donors (Lipinski definition) is 2. The fourth-order valence-electron chi connectivity index (χ4n) is 1.46. The Morgan fingerprint density at radius 2 is 2.12 bits per heavy atom. The number of aliphatic hydroxyl groups is 2. The molecule has 1 aromatic carbocycles. The topological polar surface area (TPSA) is 90.6 Å². The van der Waals surface area contributed by atoms with Gasteiger partial charge in [-0.05, 0) is 11.6 Å². The van der Waals surface area contributed by atoms with Crippen LogP contribution in [0.4, 0.5) is 0 Å². The molecule has 0 aromatic heterocycles. The third kappa shape index (κ3) is 3.03. The minimum absolute atomic E-state index is 0.180. The van der Waals surface area contributed by atoms with E-state index in [9.17, 15) is 15.0 Å². The smallest absolute Gasteiger partial charge is 0.338 e. The molecule has 0 saturated heterocycles. The Labute approximate surface area is 98.9 Å². The van der Waals surface area contributed by atoms with Crippen LogP contribution in [-0.2, 0) is 4.74 Å². The number of benzene rings is 1. The average molecular weight is 235 g/mol. The molecule has 0 fully saturated rings. The molecular formula is C12H13NO4. The summed E-state index contributed by atoms with van der Waals surface area (Å²) in [7, 11) is 1.23. The van der Waals surface area contributed by atoms with Crippen molar-refractivity contribution < 1.29 is 19.7 Å². The standard InChI is InChI=1S/C12H13NO4/c1-17-12(16)9-5-3-2-4-8(9)11(15)10(14)6-7-13/h2-5,10-11,14-15H,6H2,1H3. The van der Waals surface area contributed by atoms with Crippen molar-refractivity contribution in [2.45, 2.75) is 18.6 Å². The third-order valence-electron chi connectivity index (χ3n) is 2.35. The lowest BCUT2D eigenvalue weighted by Crippen LogP contribution is -2.20. The quantitative estimate of drug-likeness (QED) is 0.752. The maximum Gasteiger partial charge on any atom is 0.338 e. The Morgan fingerprint density at radius 1 is 1.47 bits per heavy atom. The molecule has 0 radical (unpaired) electrons. The largest absolute Gasteiger partial charge is 0.465 e. The van der Waals surface area contributed by atoms with Gasteiger partial charge in [0.05, 0.1) is 31.3 Å². The molecule has 5 nitrogen and oxygen atoms in total. The summed E-state index contributed by atoms with van der Waals surface area (Å²) in [4.78, 5) is 11.4. The van der Waals surface area contributed by atoms with E-state index in [0.29, 0.717) is 0 Å². The van der Waals surface area contributed by atoms with Crippen molar-refractivity contribution in [1.29, 1.82) is 5.26 Å². The van der Waals surface area contributed by atoms with Gasteiger partial charge in [-0.2, -0.15) is 5.26 Å². The number of hydrogen-bond acceptors (Lipinski definition) is 5. The summed E-state index contributed by atoms with van der Waals surface area (Å²) < 4.78 is 4.57. The molecule has 0 heterocycles. The van der Waals surface area contributed by atoms with Crippen molar-refractivity contribution in [2.24, 2.45) is 0 Å². The molecular weight excluding hydrogens is 222 g/mol. The summed E-state index contributed by atoms with van der Waals surface area (Å²) in [6.45, 7) is 0. The van der Waals surface area contributed by atoms with Gasteiger partial charge in [0.15, 0.2) is 0 Å². The van der Waals surface area contributed by atoms with Gasteiger partial charge in [-0.1, -0.05) is 18.2 Å². The molecule has 90 valence electrons. The molecule has 1 aromatic rings. The van der Waals surface area contributed by atoms with Crippen LogP contribution in [0.5, 0.6) is 0 Å². The molecule has 2 unspecified atom stereocenters. The predicted octanol–water partition coefficient (Wildman–Crippen LogP) is 0.781. The zero-order chi connectivity index (χ0) is 12.8. The first-order valence-corrected chi connectivity index (χ1v) is 5.02. The van der Waals surface area contributed by atoms with Crippen molar-refractivity contribution in [3.63, 3.8) is 0 Å². The second kappa shape index (κ2) is 5.99. The van der Waals surface area contributed by atoms with Crippen molar-refractivity contribution >= 4 is 5.97 Å². The molecule has 0 saturated carbocycles. The molecule has 0 aliphatic carbocycles. The van der Waals surface area contributed by atoms with Crippen LogP contribution in [0.15, 0.2) is 24.3 Å². The van der Waals surface area contributed by atoms with Gasteiger partial charge in [0.2, 0.25) is 0 Å². The number of esters is 1. The van der Waals surface area contributed by atoms with E-state index in [0.717, 1.165) is 0 Å². The van der Waals surface area contributed by atoms with Gasteiger partial charge in [-0.3, -0.25) is 0 Å². The third-order valence-corrected chi connectivity index (χ3v) is 2.35. The summed E-state index contributed by atoms with van der Waals surface area (Å²) in [6.07, 6.45) is -2.73. The summed E-state index contributed by atoms with van der Waals surface area (Å²) in [5.74, 6) is -0.594. The van der Waals surface area contributed by atoms with Gasteiger partial charge in [0.25, 0.3) is 0 Å². The van der Waals surface area contributed by atoms with Crippen LogP contribution in [0.3, 0.4) is 0 Å². The highest BCUT2D eigenvalue weighted by molar-refractivity contribution is 5.91. The Bertz CT molecular complexity index is 438. The first-order valence-electron chi connectivity index (χ1n) is 5.02. The highest BCUT2D eigenvalue weighted by Crippen LogP contribution is 2.23. The maximum atomic E-state index is 11.4. The van der Waals surface area contributed by atoms with Crippen LogP contribution < -0.4 is 0 Å². The highest BCUT2D eigenvalue weighted by atomic mass is 16.5. The summed E-state index contributed by atoms with van der Waals surface area (Å²) in [5.41, 5.74) is 0.432. The number of ether oxygens (including phenoxy) is 1. The summed E-state index contributed by atoms with van der Waals surface area (Å²) >= 11 is 0. The fraction of sp³-hybridized carbons (Fsp3) is 0.333. The highest BCUT2D eigenvalue weighted by Gasteiger charge is 2.23. The second-order valence-electron chi connectivity index (χ2n) is 3.45. The molecule has 17 heavy (non-hydrogen) atoms. The molecule has 0 bridgehead atoms. The van der Waals surface area contributed by atoms with Crippen LogP contribution in [0.25, 0.3) is 0 Å². The zero-order valence-electron chi connectivity index (χ0n) is 9.33. The lowest BCUT2D eigenvalue weighted by Gasteiger charge is -2.17. The van der Waals surface area contributed by atoms with E-state index in [4.69, 9.17) is 5.26 Å². The number of carbonyl (C=O) groups excluding carboxylic acids is 1. The van der Waals surface area contributed by atoms with E-state index in [-0.39, 0.29) is 17.5 Å². The lowest BCUT2D eigenvalue weighted by molar-refractivity contribution is 0.0202. The van der Waals surface area contributed by atoms with E-state index in [2.05, 4.69) is 4.74 Å². The van der Waals surface area contributed by atoms with Crippen LogP contribution in [-0.4, -0.2) is 29.4 Å². The first kappa shape index (κ1) is 13.2. The van der Waals surface area contributed by atoms with Crippen LogP contribution in [0.2, 0.25) is 0 Å². The van der Waals surface area contributed by atoms with Crippen LogP contribution in [0.1, 0.15) is 28.4 Å². The lowest BCUT2D eigenvalue weighted by atomic mass is 9.97. The van der Waals surface area contributed by atoms with Gasteiger partial charge < -0.3 is 14.9 Å². The Morgan fingerprint density at radius 3 is 2.71 bits per heavy atom. The molecule has 0 amide bonds. The fourth-order valence-corrected chi connectivity index (χ4v) is 1.46.